The molecule has 1 aromatic heterocycles. The molecule has 0 bridgehead atoms. The van der Waals surface area contributed by atoms with Gasteiger partial charge in [-0.05, 0) is 31.0 Å². The van der Waals surface area contributed by atoms with Crippen LogP contribution in [0.15, 0.2) is 29.3 Å². The summed E-state index contributed by atoms with van der Waals surface area (Å²) in [5.74, 6) is 1.20. The van der Waals surface area contributed by atoms with Gasteiger partial charge in [0.1, 0.15) is 0 Å². The van der Waals surface area contributed by atoms with Gasteiger partial charge in [-0.2, -0.15) is 0 Å². The number of hydrogen-bond acceptors (Lipinski definition) is 4. The van der Waals surface area contributed by atoms with E-state index in [1.54, 1.807) is 11.8 Å². The number of benzene rings is 1. The number of fused-ring (bicyclic) bond motifs is 1. The summed E-state index contributed by atoms with van der Waals surface area (Å²) in [6.07, 6.45) is 1.83. The highest BCUT2D eigenvalue weighted by molar-refractivity contribution is 7.99. The van der Waals surface area contributed by atoms with Crippen molar-refractivity contribution < 1.29 is 5.11 Å². The van der Waals surface area contributed by atoms with Crippen LogP contribution in [0, 0.1) is 12.8 Å². The Kier molecular flexibility index (Phi) is 4.09. The molecule has 0 radical (unpaired) electrons. The van der Waals surface area contributed by atoms with Crippen molar-refractivity contribution in [3.8, 4) is 0 Å². The zero-order valence-corrected chi connectivity index (χ0v) is 11.5. The maximum atomic E-state index is 9.07. The molecule has 1 heterocycles. The van der Waals surface area contributed by atoms with E-state index in [0.717, 1.165) is 27.9 Å². The predicted octanol–water partition coefficient (Wildman–Crippen LogP) is 2.85. The SMILES string of the molecule is Cc1cc2c(SCC(C)CO)ccc(N)c2cn1. The van der Waals surface area contributed by atoms with E-state index >= 15 is 0 Å². The molecule has 2 rings (SSSR count). The standard InChI is InChI=1S/C14H18N2OS/c1-9(7-17)8-18-14-4-3-13(15)12-6-16-10(2)5-11(12)14/h3-6,9,17H,7-8,15H2,1-2H3. The van der Waals surface area contributed by atoms with Gasteiger partial charge in [0.25, 0.3) is 0 Å². The highest BCUT2D eigenvalue weighted by Gasteiger charge is 2.07. The number of aliphatic hydroxyl groups is 1. The Labute approximate surface area is 111 Å². The van der Waals surface area contributed by atoms with Gasteiger partial charge >= 0.3 is 0 Å². The quantitative estimate of drug-likeness (QED) is 0.657. The Hall–Kier alpha value is -1.26. The van der Waals surface area contributed by atoms with Crippen molar-refractivity contribution in [2.24, 2.45) is 5.92 Å². The number of pyridine rings is 1. The Morgan fingerprint density at radius 1 is 1.39 bits per heavy atom. The summed E-state index contributed by atoms with van der Waals surface area (Å²) in [6.45, 7) is 4.24. The first-order valence-corrected chi connectivity index (χ1v) is 6.99. The van der Waals surface area contributed by atoms with Crippen LogP contribution in [-0.4, -0.2) is 22.5 Å². The van der Waals surface area contributed by atoms with Gasteiger partial charge in [-0.15, -0.1) is 11.8 Å². The van der Waals surface area contributed by atoms with E-state index in [9.17, 15) is 0 Å². The molecule has 4 heteroatoms. The minimum atomic E-state index is 0.223. The molecule has 1 unspecified atom stereocenters. The number of anilines is 1. The van der Waals surface area contributed by atoms with Crippen LogP contribution >= 0.6 is 11.8 Å². The number of nitrogen functional groups attached to an aromatic ring is 1. The van der Waals surface area contributed by atoms with Crippen LogP contribution in [0.1, 0.15) is 12.6 Å². The number of aromatic nitrogens is 1. The van der Waals surface area contributed by atoms with Gasteiger partial charge < -0.3 is 10.8 Å². The number of hydrogen-bond donors (Lipinski definition) is 2. The van der Waals surface area contributed by atoms with Crippen LogP contribution in [0.25, 0.3) is 10.8 Å². The number of thioether (sulfide) groups is 1. The third-order valence-corrected chi connectivity index (χ3v) is 4.27. The molecule has 0 saturated heterocycles. The first kappa shape index (κ1) is 13.2. The summed E-state index contributed by atoms with van der Waals surface area (Å²) in [5.41, 5.74) is 7.72. The molecule has 0 spiro atoms. The Bertz CT molecular complexity index is 557. The normalized spacial score (nSPS) is 12.8. The first-order valence-electron chi connectivity index (χ1n) is 6.00. The van der Waals surface area contributed by atoms with E-state index in [1.165, 1.54) is 4.90 Å². The Morgan fingerprint density at radius 3 is 2.89 bits per heavy atom. The van der Waals surface area contributed by atoms with E-state index < -0.39 is 0 Å². The lowest BCUT2D eigenvalue weighted by atomic mass is 10.1. The molecule has 0 aliphatic rings. The molecule has 0 saturated carbocycles. The second-order valence-electron chi connectivity index (χ2n) is 4.62. The van der Waals surface area contributed by atoms with Crippen molar-refractivity contribution in [1.29, 1.82) is 0 Å². The fourth-order valence-electron chi connectivity index (χ4n) is 1.75. The monoisotopic (exact) mass is 262 g/mol. The fourth-order valence-corrected chi connectivity index (χ4v) is 2.81. The molecule has 1 atom stereocenters. The average Bonchev–Trinajstić information content (AvgIpc) is 2.37. The lowest BCUT2D eigenvalue weighted by molar-refractivity contribution is 0.250. The van der Waals surface area contributed by atoms with Crippen LogP contribution in [0.5, 0.6) is 0 Å². The molecule has 2 aromatic rings. The summed E-state index contributed by atoms with van der Waals surface area (Å²) in [6, 6.07) is 6.04. The lowest BCUT2D eigenvalue weighted by Gasteiger charge is -2.11. The van der Waals surface area contributed by atoms with Crippen LogP contribution in [0.2, 0.25) is 0 Å². The van der Waals surface area contributed by atoms with Crippen LogP contribution in [0.4, 0.5) is 5.69 Å². The Balaban J connectivity index is 2.38. The molecular weight excluding hydrogens is 244 g/mol. The maximum absolute atomic E-state index is 9.07. The number of rotatable bonds is 4. The fraction of sp³-hybridized carbons (Fsp3) is 0.357. The summed E-state index contributed by atoms with van der Waals surface area (Å²) in [5, 5.41) is 11.2. The summed E-state index contributed by atoms with van der Waals surface area (Å²) in [7, 11) is 0. The van der Waals surface area contributed by atoms with Gasteiger partial charge in [0.05, 0.1) is 0 Å². The van der Waals surface area contributed by atoms with Gasteiger partial charge in [0.15, 0.2) is 0 Å². The molecule has 0 fully saturated rings. The van der Waals surface area contributed by atoms with E-state index in [1.807, 2.05) is 32.2 Å². The van der Waals surface area contributed by atoms with E-state index in [-0.39, 0.29) is 6.61 Å². The average molecular weight is 262 g/mol. The summed E-state index contributed by atoms with van der Waals surface area (Å²) >= 11 is 1.76. The molecule has 0 aliphatic carbocycles. The number of nitrogens with two attached hydrogens (primary N) is 1. The second-order valence-corrected chi connectivity index (χ2v) is 5.68. The number of aryl methyl sites for hydroxylation is 1. The van der Waals surface area contributed by atoms with Gasteiger partial charge in [0, 0.05) is 45.6 Å². The van der Waals surface area contributed by atoms with Crippen LogP contribution in [0.3, 0.4) is 0 Å². The highest BCUT2D eigenvalue weighted by atomic mass is 32.2. The van der Waals surface area contributed by atoms with Crippen molar-refractivity contribution in [2.75, 3.05) is 18.1 Å². The molecule has 3 nitrogen and oxygen atoms in total. The first-order chi connectivity index (χ1) is 8.61. The Morgan fingerprint density at radius 2 is 2.17 bits per heavy atom. The van der Waals surface area contributed by atoms with Gasteiger partial charge in [-0.3, -0.25) is 4.98 Å². The van der Waals surface area contributed by atoms with Gasteiger partial charge in [0.2, 0.25) is 0 Å². The second kappa shape index (κ2) is 5.59. The van der Waals surface area contributed by atoms with Crippen molar-refractivity contribution in [3.05, 3.63) is 30.1 Å². The molecule has 96 valence electrons. The van der Waals surface area contributed by atoms with Crippen molar-refractivity contribution >= 4 is 28.2 Å². The minimum absolute atomic E-state index is 0.223. The van der Waals surface area contributed by atoms with Crippen LogP contribution in [-0.2, 0) is 0 Å². The molecule has 18 heavy (non-hydrogen) atoms. The van der Waals surface area contributed by atoms with Crippen LogP contribution < -0.4 is 5.73 Å². The smallest absolute Gasteiger partial charge is 0.0464 e. The molecule has 3 N–H and O–H groups in total. The maximum Gasteiger partial charge on any atom is 0.0464 e. The van der Waals surface area contributed by atoms with Gasteiger partial charge in [-0.1, -0.05) is 6.92 Å². The molecule has 0 aliphatic heterocycles. The third-order valence-electron chi connectivity index (χ3n) is 2.87. The number of nitrogens with zero attached hydrogens (tertiary/aromatic N) is 1. The van der Waals surface area contributed by atoms with Crippen molar-refractivity contribution in [2.45, 2.75) is 18.7 Å². The highest BCUT2D eigenvalue weighted by Crippen LogP contribution is 2.32. The largest absolute Gasteiger partial charge is 0.398 e. The van der Waals surface area contributed by atoms with Gasteiger partial charge in [-0.25, -0.2) is 0 Å². The summed E-state index contributed by atoms with van der Waals surface area (Å²) in [4.78, 5) is 5.49. The zero-order chi connectivity index (χ0) is 13.1. The zero-order valence-electron chi connectivity index (χ0n) is 10.7. The van der Waals surface area contributed by atoms with Crippen molar-refractivity contribution in [1.82, 2.24) is 4.98 Å². The van der Waals surface area contributed by atoms with E-state index in [4.69, 9.17) is 10.8 Å². The van der Waals surface area contributed by atoms with E-state index in [2.05, 4.69) is 11.1 Å². The molecule has 0 amide bonds. The predicted molar refractivity (Wildman–Crippen MR) is 77.9 cm³/mol. The molecular formula is C14H18N2OS. The van der Waals surface area contributed by atoms with E-state index in [0.29, 0.717) is 5.92 Å². The molecule has 1 aromatic carbocycles. The van der Waals surface area contributed by atoms with Crippen molar-refractivity contribution in [3.63, 3.8) is 0 Å². The minimum Gasteiger partial charge on any atom is -0.398 e. The number of aliphatic hydroxyl groups excluding tert-OH is 1. The third kappa shape index (κ3) is 2.76. The topological polar surface area (TPSA) is 59.1 Å². The summed E-state index contributed by atoms with van der Waals surface area (Å²) < 4.78 is 0. The lowest BCUT2D eigenvalue weighted by Crippen LogP contribution is -2.03.